The first-order valence-electron chi connectivity index (χ1n) is 8.63. The lowest BCUT2D eigenvalue weighted by Gasteiger charge is -2.15. The van der Waals surface area contributed by atoms with Gasteiger partial charge in [-0.15, -0.1) is 0 Å². The van der Waals surface area contributed by atoms with E-state index >= 15 is 0 Å². The average Bonchev–Trinajstić information content (AvgIpc) is 3.12. The van der Waals surface area contributed by atoms with Gasteiger partial charge in [-0.3, -0.25) is 0 Å². The van der Waals surface area contributed by atoms with Gasteiger partial charge in [0.1, 0.15) is 11.5 Å². The number of hydrogen-bond donors (Lipinski definition) is 0. The molecule has 0 bridgehead atoms. The number of nitrogens with zero attached hydrogens (tertiary/aromatic N) is 3. The molecule has 0 amide bonds. The van der Waals surface area contributed by atoms with Gasteiger partial charge >= 0.3 is 0 Å². The van der Waals surface area contributed by atoms with Crippen molar-refractivity contribution in [1.29, 1.82) is 5.26 Å². The third kappa shape index (κ3) is 4.90. The zero-order chi connectivity index (χ0) is 18.1. The van der Waals surface area contributed by atoms with Gasteiger partial charge in [0.25, 0.3) is 0 Å². The Hall–Kier alpha value is -2.68. The summed E-state index contributed by atoms with van der Waals surface area (Å²) in [6.07, 6.45) is 2.26. The van der Waals surface area contributed by atoms with Gasteiger partial charge in [0, 0.05) is 31.6 Å². The molecule has 0 spiro atoms. The highest BCUT2D eigenvalue weighted by Gasteiger charge is 2.15. The van der Waals surface area contributed by atoms with Crippen molar-refractivity contribution >= 4 is 5.82 Å². The van der Waals surface area contributed by atoms with Gasteiger partial charge < -0.3 is 18.9 Å². The second kappa shape index (κ2) is 9.58. The Morgan fingerprint density at radius 2 is 2.00 bits per heavy atom. The van der Waals surface area contributed by atoms with Crippen molar-refractivity contribution in [3.63, 3.8) is 0 Å². The molecule has 0 radical (unpaired) electrons. The van der Waals surface area contributed by atoms with Gasteiger partial charge in [0.2, 0.25) is 0 Å². The van der Waals surface area contributed by atoms with Crippen molar-refractivity contribution in [1.82, 2.24) is 5.16 Å². The molecule has 1 aromatic heterocycles. The zero-order valence-corrected chi connectivity index (χ0v) is 15.1. The number of benzene rings is 1. The summed E-state index contributed by atoms with van der Waals surface area (Å²) in [4.78, 5) is 2.12. The molecule has 1 aromatic carbocycles. The van der Waals surface area contributed by atoms with Crippen LogP contribution in [0.15, 0.2) is 28.8 Å². The van der Waals surface area contributed by atoms with Crippen LogP contribution in [-0.2, 0) is 0 Å². The molecule has 0 aliphatic heterocycles. The van der Waals surface area contributed by atoms with Gasteiger partial charge in [0.15, 0.2) is 11.6 Å². The minimum absolute atomic E-state index is 0.561. The predicted molar refractivity (Wildman–Crippen MR) is 97.0 cm³/mol. The van der Waals surface area contributed by atoms with Gasteiger partial charge in [-0.25, -0.2) is 0 Å². The number of unbranched alkanes of at least 4 members (excludes halogenated alkanes) is 2. The number of methoxy groups -OCH3 is 1. The number of rotatable bonds is 10. The summed E-state index contributed by atoms with van der Waals surface area (Å²) >= 11 is 0. The maximum Gasteiger partial charge on any atom is 0.172 e. The lowest BCUT2D eigenvalue weighted by atomic mass is 10.1. The summed E-state index contributed by atoms with van der Waals surface area (Å²) in [6.45, 7) is 6.50. The Morgan fingerprint density at radius 1 is 1.20 bits per heavy atom. The SMILES string of the molecule is CCN(CC)c1cc(-c2ccc(OCCCCC#N)cc2OC)on1. The second-order valence-electron chi connectivity index (χ2n) is 5.55. The van der Waals surface area contributed by atoms with Crippen molar-refractivity contribution in [3.8, 4) is 28.9 Å². The van der Waals surface area contributed by atoms with Crippen LogP contribution in [-0.4, -0.2) is 32.0 Å². The van der Waals surface area contributed by atoms with E-state index in [0.29, 0.717) is 24.5 Å². The summed E-state index contributed by atoms with van der Waals surface area (Å²) in [7, 11) is 1.62. The quantitative estimate of drug-likeness (QED) is 0.600. The normalized spacial score (nSPS) is 10.3. The third-order valence-electron chi connectivity index (χ3n) is 3.98. The minimum Gasteiger partial charge on any atom is -0.496 e. The summed E-state index contributed by atoms with van der Waals surface area (Å²) < 4.78 is 16.7. The van der Waals surface area contributed by atoms with Crippen molar-refractivity contribution in [2.24, 2.45) is 0 Å². The highest BCUT2D eigenvalue weighted by molar-refractivity contribution is 5.69. The first-order chi connectivity index (χ1) is 12.2. The van der Waals surface area contributed by atoms with Crippen LogP contribution in [0.1, 0.15) is 33.1 Å². The number of ether oxygens (including phenoxy) is 2. The van der Waals surface area contributed by atoms with Crippen molar-refractivity contribution in [3.05, 3.63) is 24.3 Å². The molecular formula is C19H25N3O3. The van der Waals surface area contributed by atoms with E-state index in [2.05, 4.69) is 30.0 Å². The fourth-order valence-corrected chi connectivity index (χ4v) is 2.55. The summed E-state index contributed by atoms with van der Waals surface area (Å²) in [5.41, 5.74) is 0.838. The zero-order valence-electron chi connectivity index (χ0n) is 15.1. The molecule has 1 heterocycles. The van der Waals surface area contributed by atoms with E-state index in [-0.39, 0.29) is 0 Å². The Kier molecular flexibility index (Phi) is 7.15. The lowest BCUT2D eigenvalue weighted by Crippen LogP contribution is -2.21. The number of nitriles is 1. The number of anilines is 1. The van der Waals surface area contributed by atoms with E-state index in [1.807, 2.05) is 24.3 Å². The van der Waals surface area contributed by atoms with Crippen molar-refractivity contribution < 1.29 is 14.0 Å². The molecule has 0 atom stereocenters. The molecule has 6 heteroatoms. The lowest BCUT2D eigenvalue weighted by molar-refractivity contribution is 0.305. The summed E-state index contributed by atoms with van der Waals surface area (Å²) in [5, 5.41) is 12.7. The Balaban J connectivity index is 2.10. The molecule has 25 heavy (non-hydrogen) atoms. The van der Waals surface area contributed by atoms with Gasteiger partial charge in [0.05, 0.1) is 25.3 Å². The van der Waals surface area contributed by atoms with Crippen LogP contribution in [0.25, 0.3) is 11.3 Å². The average molecular weight is 343 g/mol. The molecule has 0 saturated heterocycles. The van der Waals surface area contributed by atoms with Crippen molar-refractivity contribution in [2.75, 3.05) is 31.7 Å². The van der Waals surface area contributed by atoms with Crippen LogP contribution in [0.3, 0.4) is 0 Å². The van der Waals surface area contributed by atoms with Crippen LogP contribution in [0.4, 0.5) is 5.82 Å². The molecule has 0 saturated carbocycles. The maximum atomic E-state index is 8.53. The second-order valence-corrected chi connectivity index (χ2v) is 5.55. The summed E-state index contributed by atoms with van der Waals surface area (Å²) in [6, 6.07) is 9.71. The topological polar surface area (TPSA) is 71.5 Å². The smallest absolute Gasteiger partial charge is 0.172 e. The van der Waals surface area contributed by atoms with Crippen LogP contribution < -0.4 is 14.4 Å². The van der Waals surface area contributed by atoms with E-state index in [9.17, 15) is 0 Å². The molecule has 0 unspecified atom stereocenters. The fourth-order valence-electron chi connectivity index (χ4n) is 2.55. The molecule has 6 nitrogen and oxygen atoms in total. The van der Waals surface area contributed by atoms with Crippen LogP contribution >= 0.6 is 0 Å². The predicted octanol–water partition coefficient (Wildman–Crippen LogP) is 4.27. The Bertz CT molecular complexity index is 702. The van der Waals surface area contributed by atoms with E-state index in [1.165, 1.54) is 0 Å². The molecule has 0 aliphatic carbocycles. The number of hydrogen-bond acceptors (Lipinski definition) is 6. The van der Waals surface area contributed by atoms with Crippen LogP contribution in [0.2, 0.25) is 0 Å². The van der Waals surface area contributed by atoms with E-state index < -0.39 is 0 Å². The molecule has 134 valence electrons. The van der Waals surface area contributed by atoms with Crippen LogP contribution in [0.5, 0.6) is 11.5 Å². The molecule has 0 N–H and O–H groups in total. The van der Waals surface area contributed by atoms with E-state index in [0.717, 1.165) is 43.1 Å². The van der Waals surface area contributed by atoms with Crippen LogP contribution in [0, 0.1) is 11.3 Å². The highest BCUT2D eigenvalue weighted by Crippen LogP contribution is 2.35. The monoisotopic (exact) mass is 343 g/mol. The molecular weight excluding hydrogens is 318 g/mol. The molecule has 0 aliphatic rings. The minimum atomic E-state index is 0.561. The first-order valence-corrected chi connectivity index (χ1v) is 8.63. The maximum absolute atomic E-state index is 8.53. The molecule has 2 rings (SSSR count). The Labute approximate surface area is 148 Å². The van der Waals surface area contributed by atoms with E-state index in [1.54, 1.807) is 7.11 Å². The standard InChI is InChI=1S/C19H25N3O3/c1-4-22(5-2)19-14-18(25-21-19)16-10-9-15(13-17(16)23-3)24-12-8-6-7-11-20/h9-10,13-14H,4-8,12H2,1-3H3. The van der Waals surface area contributed by atoms with Gasteiger partial charge in [-0.2, -0.15) is 5.26 Å². The fraction of sp³-hybridized carbons (Fsp3) is 0.474. The third-order valence-corrected chi connectivity index (χ3v) is 3.98. The number of aromatic nitrogens is 1. The molecule has 2 aromatic rings. The van der Waals surface area contributed by atoms with Gasteiger partial charge in [-0.05, 0) is 38.8 Å². The highest BCUT2D eigenvalue weighted by atomic mass is 16.5. The first kappa shape index (κ1) is 18.7. The Morgan fingerprint density at radius 3 is 2.68 bits per heavy atom. The summed E-state index contributed by atoms with van der Waals surface area (Å²) in [5.74, 6) is 2.90. The van der Waals surface area contributed by atoms with E-state index in [4.69, 9.17) is 19.3 Å². The molecule has 0 fully saturated rings. The van der Waals surface area contributed by atoms with Crippen molar-refractivity contribution in [2.45, 2.75) is 33.1 Å². The van der Waals surface area contributed by atoms with Gasteiger partial charge in [-0.1, -0.05) is 5.16 Å². The largest absolute Gasteiger partial charge is 0.496 e.